The van der Waals surface area contributed by atoms with Gasteiger partial charge in [0.1, 0.15) is 23.3 Å². The highest BCUT2D eigenvalue weighted by Crippen LogP contribution is 2.34. The van der Waals surface area contributed by atoms with Crippen LogP contribution in [0.15, 0.2) is 0 Å². The molecule has 0 spiro atoms. The standard InChI is InChI=1S/C18H12BF10/c20-9-7(10(21)14(25)17(28)13(9)24)19(6-4-2-1-3-5-6)8-11(22)15(26)18(29)16(27)12(8)23/h6,19H,1-5H2/q-1. The Bertz CT molecular complexity index is 841. The van der Waals surface area contributed by atoms with Crippen LogP contribution in [0, 0.1) is 58.2 Å². The Morgan fingerprint density at radius 1 is 0.414 bits per heavy atom. The Morgan fingerprint density at radius 2 is 0.690 bits per heavy atom. The molecule has 1 aliphatic rings. The van der Waals surface area contributed by atoms with Crippen LogP contribution in [0.25, 0.3) is 0 Å². The molecule has 0 saturated heterocycles. The van der Waals surface area contributed by atoms with Gasteiger partial charge in [0.15, 0.2) is 34.9 Å². The molecule has 1 fully saturated rings. The Morgan fingerprint density at radius 3 is 1.00 bits per heavy atom. The first-order valence-electron chi connectivity index (χ1n) is 8.82. The molecule has 0 radical (unpaired) electrons. The van der Waals surface area contributed by atoms with E-state index in [-0.39, 0.29) is 12.8 Å². The molecule has 0 unspecified atom stereocenters. The van der Waals surface area contributed by atoms with E-state index in [1.54, 1.807) is 0 Å². The van der Waals surface area contributed by atoms with Crippen LogP contribution >= 0.6 is 0 Å². The molecule has 0 aromatic heterocycles. The van der Waals surface area contributed by atoms with E-state index in [0.29, 0.717) is 19.3 Å². The quantitative estimate of drug-likeness (QED) is 0.286. The lowest BCUT2D eigenvalue weighted by Crippen LogP contribution is -2.54. The summed E-state index contributed by atoms with van der Waals surface area (Å²) in [7, 11) is 0. The van der Waals surface area contributed by atoms with E-state index in [4.69, 9.17) is 0 Å². The summed E-state index contributed by atoms with van der Waals surface area (Å²) in [4.78, 5) is 0. The SMILES string of the molecule is Fc1c(F)c(F)c([BH-](c2c(F)c(F)c(F)c(F)c2F)C2CCCCC2)c(F)c1F. The van der Waals surface area contributed by atoms with Gasteiger partial charge in [-0.25, -0.2) is 43.9 Å². The highest BCUT2D eigenvalue weighted by molar-refractivity contribution is 6.86. The van der Waals surface area contributed by atoms with E-state index in [2.05, 4.69) is 0 Å². The van der Waals surface area contributed by atoms with Crippen molar-refractivity contribution in [3.8, 4) is 0 Å². The van der Waals surface area contributed by atoms with Gasteiger partial charge in [0.2, 0.25) is 0 Å². The van der Waals surface area contributed by atoms with Crippen LogP contribution in [0.2, 0.25) is 5.82 Å². The Labute approximate surface area is 158 Å². The molecule has 0 aliphatic heterocycles. The van der Waals surface area contributed by atoms with Crippen molar-refractivity contribution >= 4 is 17.6 Å². The minimum absolute atomic E-state index is 0.0684. The minimum atomic E-state index is -3.39. The predicted molar refractivity (Wildman–Crippen MR) is 85.7 cm³/mol. The zero-order chi connectivity index (χ0) is 21.6. The van der Waals surface area contributed by atoms with Crippen LogP contribution in [0.4, 0.5) is 43.9 Å². The highest BCUT2D eigenvalue weighted by atomic mass is 19.2. The van der Waals surface area contributed by atoms with Crippen LogP contribution < -0.4 is 10.9 Å². The van der Waals surface area contributed by atoms with Gasteiger partial charge < -0.3 is 0 Å². The van der Waals surface area contributed by atoms with Gasteiger partial charge in [0.05, 0.1) is 6.71 Å². The Kier molecular flexibility index (Phi) is 5.87. The molecule has 0 bridgehead atoms. The van der Waals surface area contributed by atoms with Crippen LogP contribution in [0.5, 0.6) is 0 Å². The topological polar surface area (TPSA) is 0 Å². The summed E-state index contributed by atoms with van der Waals surface area (Å²) in [5, 5.41) is 0. The molecule has 0 atom stereocenters. The van der Waals surface area contributed by atoms with Crippen LogP contribution in [-0.2, 0) is 0 Å². The largest absolute Gasteiger partial charge is 0.207 e. The average molecular weight is 429 g/mol. The lowest BCUT2D eigenvalue weighted by atomic mass is 9.31. The molecule has 1 saturated carbocycles. The van der Waals surface area contributed by atoms with Crippen molar-refractivity contribution in [3.05, 3.63) is 58.2 Å². The molecule has 11 heteroatoms. The number of rotatable bonds is 3. The van der Waals surface area contributed by atoms with Gasteiger partial charge in [-0.15, -0.1) is 10.9 Å². The first-order valence-corrected chi connectivity index (χ1v) is 8.82. The predicted octanol–water partition coefficient (Wildman–Crippen LogP) is 4.75. The van der Waals surface area contributed by atoms with Crippen molar-refractivity contribution in [1.29, 1.82) is 0 Å². The smallest absolute Gasteiger partial charge is 0.200 e. The van der Waals surface area contributed by atoms with Gasteiger partial charge in [-0.3, -0.25) is 0 Å². The maximum atomic E-state index is 14.4. The molecule has 0 nitrogen and oxygen atoms in total. The van der Waals surface area contributed by atoms with E-state index in [9.17, 15) is 43.9 Å². The molecule has 0 heterocycles. The Balaban J connectivity index is 2.39. The summed E-state index contributed by atoms with van der Waals surface area (Å²) in [5.74, 6) is -24.7. The second kappa shape index (κ2) is 7.91. The third kappa shape index (κ3) is 3.38. The number of halogens is 10. The second-order valence-corrected chi connectivity index (χ2v) is 7.19. The van der Waals surface area contributed by atoms with Crippen molar-refractivity contribution in [3.63, 3.8) is 0 Å². The summed E-state index contributed by atoms with van der Waals surface area (Å²) in [6.45, 7) is -3.39. The number of benzene rings is 2. The average Bonchev–Trinajstić information content (AvgIpc) is 2.73. The van der Waals surface area contributed by atoms with E-state index >= 15 is 0 Å². The van der Waals surface area contributed by atoms with Gasteiger partial charge >= 0.3 is 0 Å². The minimum Gasteiger partial charge on any atom is -0.207 e. The fourth-order valence-corrected chi connectivity index (χ4v) is 4.32. The van der Waals surface area contributed by atoms with Crippen molar-refractivity contribution < 1.29 is 43.9 Å². The normalized spacial score (nSPS) is 15.4. The molecule has 158 valence electrons. The number of hydrogen-bond acceptors (Lipinski definition) is 0. The molecule has 29 heavy (non-hydrogen) atoms. The lowest BCUT2D eigenvalue weighted by Gasteiger charge is -2.38. The molecular weight excluding hydrogens is 417 g/mol. The lowest BCUT2D eigenvalue weighted by molar-refractivity contribution is 0.381. The van der Waals surface area contributed by atoms with Gasteiger partial charge in [0.25, 0.3) is 0 Å². The van der Waals surface area contributed by atoms with E-state index < -0.39 is 81.6 Å². The Hall–Kier alpha value is -2.20. The van der Waals surface area contributed by atoms with Gasteiger partial charge in [0, 0.05) is 0 Å². The summed E-state index contributed by atoms with van der Waals surface area (Å²) in [6.07, 6.45) is 1.58. The zero-order valence-electron chi connectivity index (χ0n) is 14.6. The molecule has 1 aliphatic carbocycles. The van der Waals surface area contributed by atoms with Crippen LogP contribution in [-0.4, -0.2) is 6.71 Å². The van der Waals surface area contributed by atoms with Gasteiger partial charge in [-0.1, -0.05) is 32.1 Å². The maximum absolute atomic E-state index is 14.4. The molecule has 2 aromatic carbocycles. The highest BCUT2D eigenvalue weighted by Gasteiger charge is 2.36. The molecule has 3 rings (SSSR count). The van der Waals surface area contributed by atoms with Crippen molar-refractivity contribution in [2.75, 3.05) is 0 Å². The van der Waals surface area contributed by atoms with E-state index in [1.807, 2.05) is 0 Å². The van der Waals surface area contributed by atoms with E-state index in [1.165, 1.54) is 0 Å². The van der Waals surface area contributed by atoms with Crippen LogP contribution in [0.3, 0.4) is 0 Å². The monoisotopic (exact) mass is 429 g/mol. The molecular formula is C18H12BF10-. The van der Waals surface area contributed by atoms with Crippen LogP contribution in [0.1, 0.15) is 32.1 Å². The van der Waals surface area contributed by atoms with Crippen molar-refractivity contribution in [2.24, 2.45) is 0 Å². The van der Waals surface area contributed by atoms with Gasteiger partial charge in [-0.2, -0.15) is 5.82 Å². The van der Waals surface area contributed by atoms with E-state index in [0.717, 1.165) is 0 Å². The molecule has 2 aromatic rings. The zero-order valence-corrected chi connectivity index (χ0v) is 14.6. The molecule has 0 amide bonds. The summed E-state index contributed by atoms with van der Waals surface area (Å²) >= 11 is 0. The van der Waals surface area contributed by atoms with Gasteiger partial charge in [-0.05, 0) is 0 Å². The fourth-order valence-electron chi connectivity index (χ4n) is 4.32. The first kappa shape index (κ1) is 21.5. The molecule has 0 N–H and O–H groups in total. The second-order valence-electron chi connectivity index (χ2n) is 7.19. The third-order valence-corrected chi connectivity index (χ3v) is 5.67. The number of hydrogen-bond donors (Lipinski definition) is 0. The summed E-state index contributed by atoms with van der Waals surface area (Å²) in [6, 6.07) is 0. The first-order chi connectivity index (χ1) is 13.6. The fraction of sp³-hybridized carbons (Fsp3) is 0.333. The summed E-state index contributed by atoms with van der Waals surface area (Å²) in [5.41, 5.74) is -3.06. The maximum Gasteiger partial charge on any atom is 0.200 e. The third-order valence-electron chi connectivity index (χ3n) is 5.67. The van der Waals surface area contributed by atoms with Crippen molar-refractivity contribution in [1.82, 2.24) is 0 Å². The van der Waals surface area contributed by atoms with Crippen molar-refractivity contribution in [2.45, 2.75) is 37.9 Å². The summed E-state index contributed by atoms with van der Waals surface area (Å²) < 4.78 is 139.